The fourth-order valence-corrected chi connectivity index (χ4v) is 4.50. The number of hydrogen-bond acceptors (Lipinski definition) is 5. The van der Waals surface area contributed by atoms with Crippen LogP contribution in [0.1, 0.15) is 25.0 Å². The van der Waals surface area contributed by atoms with Crippen molar-refractivity contribution in [2.45, 2.75) is 20.5 Å². The number of nitrogens with one attached hydrogen (secondary N) is 1. The predicted octanol–water partition coefficient (Wildman–Crippen LogP) is 7.74. The Kier molecular flexibility index (Phi) is 10.3. The van der Waals surface area contributed by atoms with Gasteiger partial charge in [-0.3, -0.25) is 4.79 Å². The number of nitrogens with zero attached hydrogens (tertiary/aromatic N) is 2. The van der Waals surface area contributed by atoms with E-state index in [2.05, 4.69) is 40.0 Å². The van der Waals surface area contributed by atoms with Crippen LogP contribution in [0.2, 0.25) is 10.0 Å². The molecule has 3 rings (SSSR count). The lowest BCUT2D eigenvalue weighted by molar-refractivity contribution is -0.112. The first-order valence-electron chi connectivity index (χ1n) is 11.5. The van der Waals surface area contributed by atoms with E-state index >= 15 is 0 Å². The number of anilines is 2. The van der Waals surface area contributed by atoms with Crippen molar-refractivity contribution in [3.8, 4) is 17.6 Å². The van der Waals surface area contributed by atoms with Crippen LogP contribution in [-0.4, -0.2) is 26.1 Å². The van der Waals surface area contributed by atoms with Gasteiger partial charge in [0.1, 0.15) is 18.2 Å². The van der Waals surface area contributed by atoms with E-state index in [4.69, 9.17) is 32.7 Å². The van der Waals surface area contributed by atoms with Crippen LogP contribution in [0.15, 0.2) is 64.6 Å². The first kappa shape index (κ1) is 28.4. The van der Waals surface area contributed by atoms with Crippen molar-refractivity contribution in [1.29, 1.82) is 5.26 Å². The van der Waals surface area contributed by atoms with Gasteiger partial charge in [0, 0.05) is 24.5 Å². The van der Waals surface area contributed by atoms with E-state index in [1.165, 1.54) is 13.2 Å². The summed E-state index contributed by atoms with van der Waals surface area (Å²) in [6.45, 7) is 6.19. The third-order valence-electron chi connectivity index (χ3n) is 5.55. The molecule has 0 bridgehead atoms. The van der Waals surface area contributed by atoms with Crippen LogP contribution in [0.25, 0.3) is 6.08 Å². The van der Waals surface area contributed by atoms with Gasteiger partial charge in [0.2, 0.25) is 0 Å². The van der Waals surface area contributed by atoms with E-state index in [9.17, 15) is 10.1 Å². The molecule has 0 atom stereocenters. The Morgan fingerprint density at radius 1 is 1.08 bits per heavy atom. The lowest BCUT2D eigenvalue weighted by Gasteiger charge is -2.21. The number of nitriles is 1. The van der Waals surface area contributed by atoms with Gasteiger partial charge in [-0.25, -0.2) is 0 Å². The topological polar surface area (TPSA) is 74.6 Å². The number of rotatable bonds is 10. The van der Waals surface area contributed by atoms with Crippen LogP contribution in [-0.2, 0) is 11.4 Å². The number of benzene rings is 3. The normalized spacial score (nSPS) is 11.0. The molecule has 3 aromatic carbocycles. The molecule has 0 radical (unpaired) electrons. The number of hydrogen-bond donors (Lipinski definition) is 1. The van der Waals surface area contributed by atoms with Gasteiger partial charge in [-0.2, -0.15) is 5.26 Å². The Morgan fingerprint density at radius 3 is 2.38 bits per heavy atom. The van der Waals surface area contributed by atoms with Crippen molar-refractivity contribution in [3.63, 3.8) is 0 Å². The Morgan fingerprint density at radius 2 is 1.78 bits per heavy atom. The number of carbonyl (C=O) groups is 1. The second-order valence-electron chi connectivity index (χ2n) is 7.91. The molecule has 37 heavy (non-hydrogen) atoms. The van der Waals surface area contributed by atoms with Gasteiger partial charge in [-0.05, 0) is 95.5 Å². The maximum Gasteiger partial charge on any atom is 0.266 e. The lowest BCUT2D eigenvalue weighted by Crippen LogP contribution is -2.21. The molecule has 0 aromatic heterocycles. The quantitative estimate of drug-likeness (QED) is 0.190. The van der Waals surface area contributed by atoms with E-state index in [-0.39, 0.29) is 12.2 Å². The van der Waals surface area contributed by atoms with Crippen molar-refractivity contribution in [2.75, 3.05) is 30.4 Å². The third-order valence-corrected chi connectivity index (χ3v) is 6.88. The molecule has 0 aliphatic rings. The van der Waals surface area contributed by atoms with Gasteiger partial charge in [-0.1, -0.05) is 29.3 Å². The fraction of sp³-hybridized carbons (Fsp3) is 0.214. The molecule has 1 amide bonds. The van der Waals surface area contributed by atoms with E-state index < -0.39 is 5.91 Å². The average Bonchev–Trinajstić information content (AvgIpc) is 2.89. The summed E-state index contributed by atoms with van der Waals surface area (Å²) >= 11 is 15.6. The van der Waals surface area contributed by atoms with E-state index in [1.807, 2.05) is 36.4 Å². The van der Waals surface area contributed by atoms with Gasteiger partial charge < -0.3 is 19.7 Å². The zero-order valence-corrected chi connectivity index (χ0v) is 23.7. The molecule has 192 valence electrons. The highest BCUT2D eigenvalue weighted by Crippen LogP contribution is 2.38. The van der Waals surface area contributed by atoms with Crippen LogP contribution in [0.3, 0.4) is 0 Å². The molecule has 0 saturated carbocycles. The molecule has 0 fully saturated rings. The highest BCUT2D eigenvalue weighted by Gasteiger charge is 2.15. The summed E-state index contributed by atoms with van der Waals surface area (Å²) in [5.74, 6) is 0.403. The van der Waals surface area contributed by atoms with Crippen LogP contribution in [0.5, 0.6) is 11.5 Å². The third kappa shape index (κ3) is 7.42. The van der Waals surface area contributed by atoms with Crippen molar-refractivity contribution in [2.24, 2.45) is 0 Å². The molecule has 0 aliphatic heterocycles. The average molecular weight is 603 g/mol. The van der Waals surface area contributed by atoms with Crippen molar-refractivity contribution >= 4 is 62.5 Å². The summed E-state index contributed by atoms with van der Waals surface area (Å²) in [4.78, 5) is 15.0. The number of halogens is 3. The van der Waals surface area contributed by atoms with Crippen LogP contribution in [0.4, 0.5) is 11.4 Å². The fourth-order valence-electron chi connectivity index (χ4n) is 3.61. The van der Waals surface area contributed by atoms with Gasteiger partial charge >= 0.3 is 0 Å². The Balaban J connectivity index is 1.77. The lowest BCUT2D eigenvalue weighted by atomic mass is 10.1. The Bertz CT molecular complexity index is 1330. The summed E-state index contributed by atoms with van der Waals surface area (Å²) in [5, 5.41) is 13.3. The minimum Gasteiger partial charge on any atom is -0.493 e. The monoisotopic (exact) mass is 601 g/mol. The standard InChI is InChI=1S/C28H26BrCl2N3O3/c1-4-34(5-2)22-9-7-21(8-10-22)33-28(35)20(16-32)12-19-13-23(29)27(26(15-19)36-3)37-17-18-6-11-24(30)25(31)14-18/h6-15H,4-5,17H2,1-3H3,(H,33,35)/b20-12-. The molecule has 0 unspecified atom stereocenters. The first-order valence-corrected chi connectivity index (χ1v) is 13.1. The number of methoxy groups -OCH3 is 1. The smallest absolute Gasteiger partial charge is 0.266 e. The molecule has 9 heteroatoms. The molecule has 1 N–H and O–H groups in total. The number of carbonyl (C=O) groups excluding carboxylic acids is 1. The summed E-state index contributed by atoms with van der Waals surface area (Å²) in [6, 6.07) is 18.2. The molecular weight excluding hydrogens is 577 g/mol. The SMILES string of the molecule is CCN(CC)c1ccc(NC(=O)/C(C#N)=C\c2cc(Br)c(OCc3ccc(Cl)c(Cl)c3)c(OC)c2)cc1. The largest absolute Gasteiger partial charge is 0.493 e. The predicted molar refractivity (Wildman–Crippen MR) is 154 cm³/mol. The van der Waals surface area contributed by atoms with Gasteiger partial charge in [0.25, 0.3) is 5.91 Å². The van der Waals surface area contributed by atoms with Crippen molar-refractivity contribution in [1.82, 2.24) is 0 Å². The Hall–Kier alpha value is -3.18. The number of amides is 1. The molecule has 0 saturated heterocycles. The van der Waals surface area contributed by atoms with Gasteiger partial charge in [0.05, 0.1) is 21.6 Å². The highest BCUT2D eigenvalue weighted by atomic mass is 79.9. The van der Waals surface area contributed by atoms with Crippen LogP contribution >= 0.6 is 39.1 Å². The summed E-state index contributed by atoms with van der Waals surface area (Å²) in [5.41, 5.74) is 3.05. The van der Waals surface area contributed by atoms with Gasteiger partial charge in [0.15, 0.2) is 11.5 Å². The minimum absolute atomic E-state index is 0.0498. The Labute approximate surface area is 235 Å². The first-order chi connectivity index (χ1) is 17.8. The second kappa shape index (κ2) is 13.4. The number of ether oxygens (including phenoxy) is 2. The molecule has 0 heterocycles. The minimum atomic E-state index is -0.506. The molecule has 0 aliphatic carbocycles. The maximum absolute atomic E-state index is 12.8. The zero-order chi connectivity index (χ0) is 26.9. The summed E-state index contributed by atoms with van der Waals surface area (Å²) in [6.07, 6.45) is 1.50. The molecule has 0 spiro atoms. The van der Waals surface area contributed by atoms with E-state index in [0.29, 0.717) is 37.3 Å². The maximum atomic E-state index is 12.8. The van der Waals surface area contributed by atoms with Crippen LogP contribution < -0.4 is 19.7 Å². The van der Waals surface area contributed by atoms with Crippen molar-refractivity contribution in [3.05, 3.63) is 85.8 Å². The summed E-state index contributed by atoms with van der Waals surface area (Å²) in [7, 11) is 1.51. The summed E-state index contributed by atoms with van der Waals surface area (Å²) < 4.78 is 12.1. The molecule has 3 aromatic rings. The van der Waals surface area contributed by atoms with Crippen LogP contribution in [0, 0.1) is 11.3 Å². The highest BCUT2D eigenvalue weighted by molar-refractivity contribution is 9.10. The van der Waals surface area contributed by atoms with Gasteiger partial charge in [-0.15, -0.1) is 0 Å². The van der Waals surface area contributed by atoms with Crippen molar-refractivity contribution < 1.29 is 14.3 Å². The zero-order valence-electron chi connectivity index (χ0n) is 20.6. The molecular formula is C28H26BrCl2N3O3. The van der Waals surface area contributed by atoms with E-state index in [0.717, 1.165) is 24.3 Å². The second-order valence-corrected chi connectivity index (χ2v) is 9.58. The molecule has 6 nitrogen and oxygen atoms in total. The van der Waals surface area contributed by atoms with E-state index in [1.54, 1.807) is 24.3 Å².